The van der Waals surface area contributed by atoms with Gasteiger partial charge in [-0.3, -0.25) is 4.79 Å². The molecule has 4 rings (SSSR count). The fourth-order valence-electron chi connectivity index (χ4n) is 3.41. The third-order valence-electron chi connectivity index (χ3n) is 4.82. The predicted octanol–water partition coefficient (Wildman–Crippen LogP) is 4.21. The Kier molecular flexibility index (Phi) is 6.02. The van der Waals surface area contributed by atoms with Crippen LogP contribution in [0.15, 0.2) is 47.8 Å². The van der Waals surface area contributed by atoms with Crippen molar-refractivity contribution in [1.82, 2.24) is 20.3 Å². The molecule has 1 aliphatic carbocycles. The van der Waals surface area contributed by atoms with Crippen LogP contribution in [-0.2, 0) is 4.79 Å². The molecule has 2 N–H and O–H groups in total. The van der Waals surface area contributed by atoms with Gasteiger partial charge < -0.3 is 15.0 Å². The van der Waals surface area contributed by atoms with Crippen LogP contribution in [-0.4, -0.2) is 38.8 Å². The number of halogens is 1. The Hall–Kier alpha value is -2.25. The predicted molar refractivity (Wildman–Crippen MR) is 111 cm³/mol. The second-order valence-corrected chi connectivity index (χ2v) is 8.28. The van der Waals surface area contributed by atoms with E-state index in [1.807, 2.05) is 24.4 Å². The quantitative estimate of drug-likeness (QED) is 0.588. The number of aromatic nitrogens is 3. The fraction of sp³-hybridized carbons (Fsp3) is 0.350. The standard InChI is InChI=1S/C20H21ClN4O2S/c21-13-9-23-20(24-10-13)27-15-7-5-14(6-8-15)25-19(26)12-28-18-11-22-17-4-2-1-3-16(17)18/h1-4,9-11,14-15,22H,5-8,12H2,(H,25,26). The number of hydrogen-bond acceptors (Lipinski definition) is 5. The Morgan fingerprint density at radius 3 is 2.75 bits per heavy atom. The van der Waals surface area contributed by atoms with Gasteiger partial charge in [0.2, 0.25) is 5.91 Å². The molecule has 3 aromatic rings. The monoisotopic (exact) mass is 416 g/mol. The Morgan fingerprint density at radius 1 is 1.21 bits per heavy atom. The molecule has 0 radical (unpaired) electrons. The maximum atomic E-state index is 12.3. The van der Waals surface area contributed by atoms with Crippen LogP contribution in [0.4, 0.5) is 0 Å². The Labute approximate surface area is 172 Å². The van der Waals surface area contributed by atoms with Crippen LogP contribution in [0, 0.1) is 0 Å². The molecule has 0 saturated heterocycles. The van der Waals surface area contributed by atoms with Gasteiger partial charge in [0.1, 0.15) is 6.10 Å². The summed E-state index contributed by atoms with van der Waals surface area (Å²) in [5.74, 6) is 0.484. The van der Waals surface area contributed by atoms with Gasteiger partial charge in [0, 0.05) is 28.0 Å². The zero-order valence-electron chi connectivity index (χ0n) is 15.2. The minimum absolute atomic E-state index is 0.0701. The van der Waals surface area contributed by atoms with Gasteiger partial charge in [-0.15, -0.1) is 11.8 Å². The summed E-state index contributed by atoms with van der Waals surface area (Å²) < 4.78 is 5.80. The zero-order valence-corrected chi connectivity index (χ0v) is 16.8. The van der Waals surface area contributed by atoms with E-state index in [0.29, 0.717) is 16.8 Å². The van der Waals surface area contributed by atoms with Gasteiger partial charge in [0.05, 0.1) is 23.2 Å². The van der Waals surface area contributed by atoms with E-state index in [9.17, 15) is 4.79 Å². The Balaban J connectivity index is 1.21. The number of nitrogens with one attached hydrogen (secondary N) is 2. The van der Waals surface area contributed by atoms with Gasteiger partial charge in [-0.1, -0.05) is 29.8 Å². The van der Waals surface area contributed by atoms with Crippen molar-refractivity contribution in [2.75, 3.05) is 5.75 Å². The molecular formula is C20H21ClN4O2S. The number of fused-ring (bicyclic) bond motifs is 1. The van der Waals surface area contributed by atoms with Gasteiger partial charge in [-0.25, -0.2) is 9.97 Å². The molecule has 1 aromatic carbocycles. The summed E-state index contributed by atoms with van der Waals surface area (Å²) in [7, 11) is 0. The van der Waals surface area contributed by atoms with E-state index < -0.39 is 0 Å². The molecule has 0 atom stereocenters. The lowest BCUT2D eigenvalue weighted by Gasteiger charge is -2.28. The highest BCUT2D eigenvalue weighted by Crippen LogP contribution is 2.28. The molecule has 1 fully saturated rings. The number of carbonyl (C=O) groups excluding carboxylic acids is 1. The Bertz CT molecular complexity index is 939. The molecule has 146 valence electrons. The van der Waals surface area contributed by atoms with Crippen LogP contribution < -0.4 is 10.1 Å². The normalized spacial score (nSPS) is 19.5. The van der Waals surface area contributed by atoms with E-state index in [4.69, 9.17) is 16.3 Å². The number of H-pyrrole nitrogens is 1. The molecule has 6 nitrogen and oxygen atoms in total. The maximum absolute atomic E-state index is 12.3. The highest BCUT2D eigenvalue weighted by Gasteiger charge is 2.24. The SMILES string of the molecule is O=C(CSc1c[nH]c2ccccc12)NC1CCC(Oc2ncc(Cl)cn2)CC1. The third kappa shape index (κ3) is 4.77. The van der Waals surface area contributed by atoms with Gasteiger partial charge in [-0.05, 0) is 31.7 Å². The van der Waals surface area contributed by atoms with Gasteiger partial charge in [-0.2, -0.15) is 0 Å². The van der Waals surface area contributed by atoms with Crippen molar-refractivity contribution in [3.05, 3.63) is 47.9 Å². The fourth-order valence-corrected chi connectivity index (χ4v) is 4.36. The number of benzene rings is 1. The molecule has 0 unspecified atom stereocenters. The minimum atomic E-state index is 0.0701. The lowest BCUT2D eigenvalue weighted by Crippen LogP contribution is -2.40. The first-order valence-electron chi connectivity index (χ1n) is 9.30. The molecular weight excluding hydrogens is 396 g/mol. The van der Waals surface area contributed by atoms with Crippen LogP contribution in [0.3, 0.4) is 0 Å². The number of para-hydroxylation sites is 1. The van der Waals surface area contributed by atoms with Crippen molar-refractivity contribution in [3.8, 4) is 6.01 Å². The highest BCUT2D eigenvalue weighted by atomic mass is 35.5. The number of hydrogen-bond donors (Lipinski definition) is 2. The molecule has 28 heavy (non-hydrogen) atoms. The van der Waals surface area contributed by atoms with Crippen molar-refractivity contribution in [3.63, 3.8) is 0 Å². The summed E-state index contributed by atoms with van der Waals surface area (Å²) >= 11 is 7.35. The average molecular weight is 417 g/mol. The van der Waals surface area contributed by atoms with Crippen molar-refractivity contribution >= 4 is 40.2 Å². The number of nitrogens with zero attached hydrogens (tertiary/aromatic N) is 2. The molecule has 1 saturated carbocycles. The van der Waals surface area contributed by atoms with Gasteiger partial charge >= 0.3 is 6.01 Å². The molecule has 0 spiro atoms. The largest absolute Gasteiger partial charge is 0.460 e. The number of thioether (sulfide) groups is 1. The summed E-state index contributed by atoms with van der Waals surface area (Å²) in [5, 5.41) is 4.79. The Morgan fingerprint density at radius 2 is 1.96 bits per heavy atom. The van der Waals surface area contributed by atoms with Crippen LogP contribution in [0.2, 0.25) is 5.02 Å². The van der Waals surface area contributed by atoms with E-state index in [1.165, 1.54) is 12.4 Å². The van der Waals surface area contributed by atoms with Gasteiger partial charge in [0.15, 0.2) is 0 Å². The maximum Gasteiger partial charge on any atom is 0.316 e. The topological polar surface area (TPSA) is 79.9 Å². The average Bonchev–Trinajstić information content (AvgIpc) is 3.13. The second-order valence-electron chi connectivity index (χ2n) is 6.83. The molecule has 2 aromatic heterocycles. The van der Waals surface area contributed by atoms with Crippen LogP contribution in [0.25, 0.3) is 10.9 Å². The van der Waals surface area contributed by atoms with E-state index in [0.717, 1.165) is 41.5 Å². The number of rotatable bonds is 6. The van der Waals surface area contributed by atoms with Gasteiger partial charge in [0.25, 0.3) is 0 Å². The van der Waals surface area contributed by atoms with E-state index in [-0.39, 0.29) is 18.1 Å². The van der Waals surface area contributed by atoms with Crippen molar-refractivity contribution < 1.29 is 9.53 Å². The molecule has 0 bridgehead atoms. The molecule has 0 aliphatic heterocycles. The smallest absolute Gasteiger partial charge is 0.316 e. The van der Waals surface area contributed by atoms with Crippen molar-refractivity contribution in [2.24, 2.45) is 0 Å². The number of aromatic amines is 1. The highest BCUT2D eigenvalue weighted by molar-refractivity contribution is 8.00. The minimum Gasteiger partial charge on any atom is -0.460 e. The van der Waals surface area contributed by atoms with E-state index in [1.54, 1.807) is 11.8 Å². The lowest BCUT2D eigenvalue weighted by molar-refractivity contribution is -0.119. The number of carbonyl (C=O) groups is 1. The molecule has 1 aliphatic rings. The van der Waals surface area contributed by atoms with E-state index in [2.05, 4.69) is 26.3 Å². The van der Waals surface area contributed by atoms with E-state index >= 15 is 0 Å². The summed E-state index contributed by atoms with van der Waals surface area (Å²) in [5.41, 5.74) is 1.09. The summed E-state index contributed by atoms with van der Waals surface area (Å²) in [6.45, 7) is 0. The molecule has 2 heterocycles. The summed E-state index contributed by atoms with van der Waals surface area (Å²) in [4.78, 5) is 24.8. The molecule has 8 heteroatoms. The summed E-state index contributed by atoms with van der Waals surface area (Å²) in [6, 6.07) is 8.66. The number of ether oxygens (including phenoxy) is 1. The van der Waals surface area contributed by atoms with Crippen LogP contribution in [0.1, 0.15) is 25.7 Å². The zero-order chi connectivity index (χ0) is 19.3. The molecule has 1 amide bonds. The van der Waals surface area contributed by atoms with Crippen molar-refractivity contribution in [1.29, 1.82) is 0 Å². The van der Waals surface area contributed by atoms with Crippen molar-refractivity contribution in [2.45, 2.75) is 42.7 Å². The lowest BCUT2D eigenvalue weighted by atomic mass is 9.93. The second kappa shape index (κ2) is 8.84. The third-order valence-corrected chi connectivity index (χ3v) is 6.07. The first-order valence-corrected chi connectivity index (χ1v) is 10.7. The first-order chi connectivity index (χ1) is 13.7. The summed E-state index contributed by atoms with van der Waals surface area (Å²) in [6.07, 6.45) is 8.62. The van der Waals surface area contributed by atoms with Crippen LogP contribution in [0.5, 0.6) is 6.01 Å². The first kappa shape index (κ1) is 19.1. The van der Waals surface area contributed by atoms with Crippen LogP contribution >= 0.6 is 23.4 Å². The number of amides is 1.